The maximum absolute atomic E-state index is 12.3. The summed E-state index contributed by atoms with van der Waals surface area (Å²) in [6.45, 7) is 0.949. The molecule has 28 heavy (non-hydrogen) atoms. The molecule has 0 fully saturated rings. The van der Waals surface area contributed by atoms with Crippen LogP contribution >= 0.6 is 11.6 Å². The number of nitriles is 1. The Hall–Kier alpha value is -3.14. The third kappa shape index (κ3) is 6.54. The monoisotopic (exact) mass is 397 g/mol. The Morgan fingerprint density at radius 2 is 1.96 bits per heavy atom. The number of amides is 2. The largest absolute Gasteiger partial charge is 0.385 e. The van der Waals surface area contributed by atoms with Crippen LogP contribution in [0.1, 0.15) is 22.3 Å². The van der Waals surface area contributed by atoms with Gasteiger partial charge in [-0.15, -0.1) is 0 Å². The van der Waals surface area contributed by atoms with Gasteiger partial charge in [-0.25, -0.2) is 0 Å². The van der Waals surface area contributed by atoms with Gasteiger partial charge in [0.1, 0.15) is 11.6 Å². The quantitative estimate of drug-likeness (QED) is 0.404. The number of hydrogen-bond donors (Lipinski definition) is 2. The van der Waals surface area contributed by atoms with Gasteiger partial charge in [0.2, 0.25) is 0 Å². The molecule has 0 aliphatic heterocycles. The van der Waals surface area contributed by atoms with Crippen LogP contribution in [-0.4, -0.2) is 32.1 Å². The predicted octanol–water partition coefficient (Wildman–Crippen LogP) is 3.65. The van der Waals surface area contributed by atoms with Crippen molar-refractivity contribution in [2.45, 2.75) is 6.42 Å². The molecule has 0 radical (unpaired) electrons. The zero-order valence-corrected chi connectivity index (χ0v) is 16.1. The van der Waals surface area contributed by atoms with Crippen LogP contribution in [0, 0.1) is 11.3 Å². The van der Waals surface area contributed by atoms with E-state index in [2.05, 4.69) is 10.6 Å². The first-order chi connectivity index (χ1) is 13.5. The summed E-state index contributed by atoms with van der Waals surface area (Å²) in [5.41, 5.74) is 1.63. The Kier molecular flexibility index (Phi) is 8.22. The molecule has 0 spiro atoms. The van der Waals surface area contributed by atoms with Gasteiger partial charge in [-0.2, -0.15) is 5.26 Å². The first kappa shape index (κ1) is 21.2. The maximum Gasteiger partial charge on any atom is 0.261 e. The van der Waals surface area contributed by atoms with Gasteiger partial charge in [0.25, 0.3) is 11.8 Å². The fourth-order valence-corrected chi connectivity index (χ4v) is 2.47. The van der Waals surface area contributed by atoms with Crippen molar-refractivity contribution in [2.24, 2.45) is 0 Å². The van der Waals surface area contributed by atoms with E-state index in [9.17, 15) is 14.9 Å². The van der Waals surface area contributed by atoms with E-state index >= 15 is 0 Å². The molecule has 0 unspecified atom stereocenters. The van der Waals surface area contributed by atoms with E-state index in [-0.39, 0.29) is 11.5 Å². The second kappa shape index (κ2) is 10.9. The van der Waals surface area contributed by atoms with Crippen LogP contribution in [0.3, 0.4) is 0 Å². The topological polar surface area (TPSA) is 91.2 Å². The predicted molar refractivity (Wildman–Crippen MR) is 109 cm³/mol. The minimum absolute atomic E-state index is 0.0152. The van der Waals surface area contributed by atoms with E-state index in [1.807, 2.05) is 6.07 Å². The first-order valence-electron chi connectivity index (χ1n) is 8.59. The zero-order valence-electron chi connectivity index (χ0n) is 15.4. The van der Waals surface area contributed by atoms with Crippen LogP contribution in [0.2, 0.25) is 5.02 Å². The Bertz CT molecular complexity index is 902. The molecule has 0 aliphatic rings. The summed E-state index contributed by atoms with van der Waals surface area (Å²) in [5.74, 6) is -0.733. The lowest BCUT2D eigenvalue weighted by Crippen LogP contribution is -2.26. The van der Waals surface area contributed by atoms with Gasteiger partial charge in [-0.1, -0.05) is 23.7 Å². The number of rotatable bonds is 8. The number of hydrogen-bond acceptors (Lipinski definition) is 4. The Labute approximate surface area is 168 Å². The van der Waals surface area contributed by atoms with Gasteiger partial charge in [0.15, 0.2) is 0 Å². The molecular weight excluding hydrogens is 378 g/mol. The second-order valence-electron chi connectivity index (χ2n) is 5.86. The SMILES string of the molecule is COCCCNC(=O)/C(C#N)=C/c1cccc(NC(=O)c2ccc(Cl)cc2)c1. The van der Waals surface area contributed by atoms with Crippen LogP contribution in [0.4, 0.5) is 5.69 Å². The highest BCUT2D eigenvalue weighted by molar-refractivity contribution is 6.30. The zero-order chi connectivity index (χ0) is 20.4. The van der Waals surface area contributed by atoms with Crippen LogP contribution in [0.5, 0.6) is 0 Å². The molecule has 0 aromatic heterocycles. The standard InChI is InChI=1S/C21H20ClN3O3/c1-28-11-3-10-24-20(26)17(14-23)12-15-4-2-5-19(13-15)25-21(27)16-6-8-18(22)9-7-16/h2,4-9,12-13H,3,10-11H2,1H3,(H,24,26)(H,25,27)/b17-12+. The number of carbonyl (C=O) groups excluding carboxylic acids is 2. The molecule has 2 aromatic rings. The highest BCUT2D eigenvalue weighted by Gasteiger charge is 2.09. The lowest BCUT2D eigenvalue weighted by Gasteiger charge is -2.07. The van der Waals surface area contributed by atoms with Gasteiger partial charge < -0.3 is 15.4 Å². The number of ether oxygens (including phenoxy) is 1. The maximum atomic E-state index is 12.3. The van der Waals surface area contributed by atoms with Crippen LogP contribution < -0.4 is 10.6 Å². The molecule has 6 nitrogen and oxygen atoms in total. The van der Waals surface area contributed by atoms with Gasteiger partial charge in [0.05, 0.1) is 0 Å². The third-order valence-corrected chi connectivity index (χ3v) is 3.99. The third-order valence-electron chi connectivity index (χ3n) is 3.74. The molecule has 0 saturated heterocycles. The van der Waals surface area contributed by atoms with Crippen molar-refractivity contribution in [3.05, 3.63) is 70.3 Å². The molecule has 0 saturated carbocycles. The number of nitrogens with zero attached hydrogens (tertiary/aromatic N) is 1. The Morgan fingerprint density at radius 3 is 2.64 bits per heavy atom. The van der Waals surface area contributed by atoms with Crippen LogP contribution in [0.15, 0.2) is 54.1 Å². The summed E-state index contributed by atoms with van der Waals surface area (Å²) in [6.07, 6.45) is 2.14. The summed E-state index contributed by atoms with van der Waals surface area (Å²) < 4.78 is 4.92. The molecule has 144 valence electrons. The minimum Gasteiger partial charge on any atom is -0.385 e. The molecule has 2 N–H and O–H groups in total. The fourth-order valence-electron chi connectivity index (χ4n) is 2.34. The summed E-state index contributed by atoms with van der Waals surface area (Å²) in [7, 11) is 1.58. The lowest BCUT2D eigenvalue weighted by atomic mass is 10.1. The van der Waals surface area contributed by atoms with E-state index in [0.717, 1.165) is 0 Å². The Balaban J connectivity index is 2.07. The van der Waals surface area contributed by atoms with E-state index < -0.39 is 5.91 Å². The number of carbonyl (C=O) groups is 2. The highest BCUT2D eigenvalue weighted by Crippen LogP contribution is 2.16. The number of nitrogens with one attached hydrogen (secondary N) is 2. The number of halogens is 1. The summed E-state index contributed by atoms with van der Waals surface area (Å²) in [4.78, 5) is 24.4. The summed E-state index contributed by atoms with van der Waals surface area (Å²) in [5, 5.41) is 15.3. The average molecular weight is 398 g/mol. The smallest absolute Gasteiger partial charge is 0.261 e. The van der Waals surface area contributed by atoms with Crippen molar-refractivity contribution in [3.8, 4) is 6.07 Å². The molecule has 0 atom stereocenters. The van der Waals surface area contributed by atoms with E-state index in [0.29, 0.717) is 41.4 Å². The van der Waals surface area contributed by atoms with Crippen molar-refractivity contribution in [1.82, 2.24) is 5.32 Å². The number of anilines is 1. The van der Waals surface area contributed by atoms with Gasteiger partial charge in [-0.3, -0.25) is 9.59 Å². The van der Waals surface area contributed by atoms with E-state index in [4.69, 9.17) is 16.3 Å². The second-order valence-corrected chi connectivity index (χ2v) is 6.29. The molecule has 2 amide bonds. The average Bonchev–Trinajstić information content (AvgIpc) is 2.70. The summed E-state index contributed by atoms with van der Waals surface area (Å²) in [6, 6.07) is 15.3. The molecule has 2 rings (SSSR count). The Morgan fingerprint density at radius 1 is 1.21 bits per heavy atom. The van der Waals surface area contributed by atoms with Gasteiger partial charge in [-0.05, 0) is 54.5 Å². The van der Waals surface area contributed by atoms with Crippen molar-refractivity contribution < 1.29 is 14.3 Å². The van der Waals surface area contributed by atoms with Crippen molar-refractivity contribution in [2.75, 3.05) is 25.6 Å². The molecule has 2 aromatic carbocycles. The van der Waals surface area contributed by atoms with Gasteiger partial charge in [0, 0.05) is 36.5 Å². The normalized spacial score (nSPS) is 10.8. The van der Waals surface area contributed by atoms with E-state index in [1.54, 1.807) is 55.6 Å². The number of benzene rings is 2. The summed E-state index contributed by atoms with van der Waals surface area (Å²) >= 11 is 5.83. The molecule has 7 heteroatoms. The highest BCUT2D eigenvalue weighted by atomic mass is 35.5. The van der Waals surface area contributed by atoms with E-state index in [1.165, 1.54) is 6.08 Å². The van der Waals surface area contributed by atoms with Crippen molar-refractivity contribution in [1.29, 1.82) is 5.26 Å². The van der Waals surface area contributed by atoms with Crippen molar-refractivity contribution in [3.63, 3.8) is 0 Å². The van der Waals surface area contributed by atoms with Crippen LogP contribution in [-0.2, 0) is 9.53 Å². The lowest BCUT2D eigenvalue weighted by molar-refractivity contribution is -0.117. The van der Waals surface area contributed by atoms with Crippen molar-refractivity contribution >= 4 is 35.2 Å². The molecule has 0 bridgehead atoms. The minimum atomic E-state index is -0.450. The van der Waals surface area contributed by atoms with Crippen LogP contribution in [0.25, 0.3) is 6.08 Å². The molecule has 0 aliphatic carbocycles. The first-order valence-corrected chi connectivity index (χ1v) is 8.97. The van der Waals surface area contributed by atoms with Gasteiger partial charge >= 0.3 is 0 Å². The fraction of sp³-hybridized carbons (Fsp3) is 0.190. The number of methoxy groups -OCH3 is 1. The molecule has 0 heterocycles. The molecular formula is C21H20ClN3O3.